The second-order valence-electron chi connectivity index (χ2n) is 10.2. The second kappa shape index (κ2) is 11.2. The van der Waals surface area contributed by atoms with Crippen LogP contribution in [0.3, 0.4) is 0 Å². The number of anilines is 1. The van der Waals surface area contributed by atoms with Crippen LogP contribution in [0.15, 0.2) is 60.9 Å². The van der Waals surface area contributed by atoms with Gasteiger partial charge in [-0.1, -0.05) is 24.3 Å². The number of aromatic hydroxyl groups is 2. The highest BCUT2D eigenvalue weighted by Crippen LogP contribution is 2.42. The van der Waals surface area contributed by atoms with E-state index in [1.165, 1.54) is 6.07 Å². The van der Waals surface area contributed by atoms with Gasteiger partial charge in [-0.3, -0.25) is 10.00 Å². The van der Waals surface area contributed by atoms with Gasteiger partial charge < -0.3 is 20.3 Å². The van der Waals surface area contributed by atoms with E-state index in [2.05, 4.69) is 15.7 Å². The Kier molecular flexibility index (Phi) is 7.56. The number of aromatic nitrogens is 4. The summed E-state index contributed by atoms with van der Waals surface area (Å²) in [4.78, 5) is 13.5. The van der Waals surface area contributed by atoms with Crippen LogP contribution in [-0.2, 0) is 11.8 Å². The first-order valence-corrected chi connectivity index (χ1v) is 13.1. The number of methoxy groups -OCH3 is 1. The molecule has 0 spiro atoms. The number of para-hydroxylation sites is 1. The molecule has 1 saturated carbocycles. The van der Waals surface area contributed by atoms with Crippen LogP contribution in [0.5, 0.6) is 11.5 Å². The van der Waals surface area contributed by atoms with E-state index >= 15 is 0 Å². The first-order valence-electron chi connectivity index (χ1n) is 13.1. The minimum absolute atomic E-state index is 0.0183. The van der Waals surface area contributed by atoms with E-state index in [4.69, 9.17) is 9.84 Å². The van der Waals surface area contributed by atoms with Gasteiger partial charge in [0.05, 0.1) is 11.9 Å². The highest BCUT2D eigenvalue weighted by atomic mass is 16.5. The average molecular weight is 531 g/mol. The van der Waals surface area contributed by atoms with E-state index < -0.39 is 0 Å². The fourth-order valence-corrected chi connectivity index (χ4v) is 5.49. The third-order valence-corrected chi connectivity index (χ3v) is 7.47. The highest BCUT2D eigenvalue weighted by Gasteiger charge is 2.36. The van der Waals surface area contributed by atoms with Crippen LogP contribution in [0, 0.1) is 12.8 Å². The Bertz CT molecular complexity index is 1450. The quantitative estimate of drug-likeness (QED) is 0.244. The molecule has 39 heavy (non-hydrogen) atoms. The number of urea groups is 1. The van der Waals surface area contributed by atoms with Crippen molar-refractivity contribution in [2.24, 2.45) is 13.0 Å². The summed E-state index contributed by atoms with van der Waals surface area (Å²) in [6, 6.07) is 14.0. The molecule has 4 aromatic rings. The summed E-state index contributed by atoms with van der Waals surface area (Å²) >= 11 is 0. The van der Waals surface area contributed by atoms with Gasteiger partial charge in [0.2, 0.25) is 0 Å². The second-order valence-corrected chi connectivity index (χ2v) is 10.2. The van der Waals surface area contributed by atoms with Gasteiger partial charge in [0.25, 0.3) is 0 Å². The van der Waals surface area contributed by atoms with Crippen LogP contribution < -0.4 is 10.6 Å². The Hall–Kier alpha value is -4.31. The van der Waals surface area contributed by atoms with E-state index in [0.717, 1.165) is 47.3 Å². The molecule has 0 saturated heterocycles. The van der Waals surface area contributed by atoms with Crippen molar-refractivity contribution in [2.75, 3.05) is 19.0 Å². The topological polar surface area (TPSA) is 126 Å². The number of carbonyl (C=O) groups excluding carboxylic acids is 1. The van der Waals surface area contributed by atoms with Crippen LogP contribution in [0.4, 0.5) is 10.6 Å². The van der Waals surface area contributed by atoms with Gasteiger partial charge in [0, 0.05) is 50.0 Å². The number of ether oxygens (including phenoxy) is 1. The molecule has 1 aliphatic carbocycles. The molecule has 1 aliphatic rings. The third-order valence-electron chi connectivity index (χ3n) is 7.47. The summed E-state index contributed by atoms with van der Waals surface area (Å²) in [5.74, 6) is 0.579. The van der Waals surface area contributed by atoms with Gasteiger partial charge in [0.1, 0.15) is 11.5 Å². The van der Waals surface area contributed by atoms with Crippen molar-refractivity contribution in [1.82, 2.24) is 24.9 Å². The third kappa shape index (κ3) is 5.61. The van der Waals surface area contributed by atoms with Crippen LogP contribution >= 0.6 is 0 Å². The summed E-state index contributed by atoms with van der Waals surface area (Å²) in [6.45, 7) is 2.58. The van der Waals surface area contributed by atoms with Gasteiger partial charge in [0.15, 0.2) is 11.5 Å². The number of benzene rings is 2. The number of amides is 2. The number of phenolic OH excluding ortho intramolecular Hbond substituents is 2. The first kappa shape index (κ1) is 26.3. The lowest BCUT2D eigenvalue weighted by Gasteiger charge is -2.22. The molecule has 2 aromatic heterocycles. The molecule has 2 aromatic carbocycles. The molecule has 2 amide bonds. The Morgan fingerprint density at radius 1 is 1.13 bits per heavy atom. The van der Waals surface area contributed by atoms with E-state index in [0.29, 0.717) is 18.3 Å². The van der Waals surface area contributed by atoms with Gasteiger partial charge in [-0.25, -0.2) is 9.48 Å². The molecular weight excluding hydrogens is 496 g/mol. The molecule has 204 valence electrons. The van der Waals surface area contributed by atoms with E-state index in [-0.39, 0.29) is 29.5 Å². The van der Waals surface area contributed by atoms with Crippen LogP contribution in [0.2, 0.25) is 0 Å². The lowest BCUT2D eigenvalue weighted by atomic mass is 9.93. The van der Waals surface area contributed by atoms with Gasteiger partial charge in [-0.05, 0) is 61.9 Å². The zero-order chi connectivity index (χ0) is 27.5. The summed E-state index contributed by atoms with van der Waals surface area (Å²) in [5.41, 5.74) is 4.12. The summed E-state index contributed by atoms with van der Waals surface area (Å²) in [5, 5.41) is 35.3. The molecule has 0 aliphatic heterocycles. The lowest BCUT2D eigenvalue weighted by molar-refractivity contribution is 0.177. The SMILES string of the molecule is COCCC1C[C@@H](NC(=O)Nc2c(C)c(-c3cnn(C)c3)nn2-c2ccccc2)[C@H](c2ccc(O)c(O)c2)C1. The summed E-state index contributed by atoms with van der Waals surface area (Å²) < 4.78 is 8.75. The predicted molar refractivity (Wildman–Crippen MR) is 148 cm³/mol. The first-order chi connectivity index (χ1) is 18.8. The molecule has 2 heterocycles. The fraction of sp³-hybridized carbons (Fsp3) is 0.345. The van der Waals surface area contributed by atoms with Crippen molar-refractivity contribution in [3.63, 3.8) is 0 Å². The number of phenols is 2. The van der Waals surface area contributed by atoms with Crippen LogP contribution in [0.25, 0.3) is 16.9 Å². The predicted octanol–water partition coefficient (Wildman–Crippen LogP) is 4.71. The molecule has 10 nitrogen and oxygen atoms in total. The number of nitrogens with one attached hydrogen (secondary N) is 2. The molecule has 3 atom stereocenters. The standard InChI is InChI=1S/C29H34N6O4/c1-18-27(21-16-30-34(2)17-21)33-35(22-7-5-4-6-8-22)28(18)32-29(38)31-24-14-19(11-12-39-3)13-23(24)20-9-10-25(36)26(37)15-20/h4-10,15-17,19,23-24,36-37H,11-14H2,1-3H3,(H2,31,32,38)/t19?,23-,24+/m0/s1. The molecule has 1 unspecified atom stereocenters. The van der Waals surface area contributed by atoms with E-state index in [1.807, 2.05) is 50.5 Å². The maximum absolute atomic E-state index is 13.5. The van der Waals surface area contributed by atoms with Crippen molar-refractivity contribution >= 4 is 11.8 Å². The normalized spacial score (nSPS) is 18.8. The molecule has 4 N–H and O–H groups in total. The Balaban J connectivity index is 1.42. The van der Waals surface area contributed by atoms with Crippen molar-refractivity contribution in [2.45, 2.75) is 38.1 Å². The zero-order valence-corrected chi connectivity index (χ0v) is 22.3. The summed E-state index contributed by atoms with van der Waals surface area (Å²) in [7, 11) is 3.54. The largest absolute Gasteiger partial charge is 0.504 e. The van der Waals surface area contributed by atoms with Crippen LogP contribution in [0.1, 0.15) is 36.3 Å². The Labute approximate surface area is 227 Å². The number of hydrogen-bond donors (Lipinski definition) is 4. The number of carbonyl (C=O) groups is 1. The van der Waals surface area contributed by atoms with Crippen molar-refractivity contribution in [1.29, 1.82) is 0 Å². The van der Waals surface area contributed by atoms with Gasteiger partial charge >= 0.3 is 6.03 Å². The molecule has 0 radical (unpaired) electrons. The Morgan fingerprint density at radius 3 is 2.62 bits per heavy atom. The summed E-state index contributed by atoms with van der Waals surface area (Å²) in [6.07, 6.45) is 6.15. The number of nitrogens with zero attached hydrogens (tertiary/aromatic N) is 4. The van der Waals surface area contributed by atoms with E-state index in [1.54, 1.807) is 34.8 Å². The van der Waals surface area contributed by atoms with Gasteiger partial charge in [-0.2, -0.15) is 10.2 Å². The van der Waals surface area contributed by atoms with Gasteiger partial charge in [-0.15, -0.1) is 0 Å². The van der Waals surface area contributed by atoms with Crippen molar-refractivity contribution in [3.8, 4) is 28.4 Å². The minimum Gasteiger partial charge on any atom is -0.504 e. The fourth-order valence-electron chi connectivity index (χ4n) is 5.49. The Morgan fingerprint density at radius 2 is 1.92 bits per heavy atom. The number of aryl methyl sites for hydroxylation is 1. The maximum Gasteiger partial charge on any atom is 0.320 e. The number of hydrogen-bond acceptors (Lipinski definition) is 6. The molecule has 0 bridgehead atoms. The molecule has 5 rings (SSSR count). The average Bonchev–Trinajstić information content (AvgIpc) is 3.62. The number of rotatable bonds is 8. The smallest absolute Gasteiger partial charge is 0.320 e. The molecule has 1 fully saturated rings. The zero-order valence-electron chi connectivity index (χ0n) is 22.3. The lowest BCUT2D eigenvalue weighted by Crippen LogP contribution is -2.40. The molecule has 10 heteroatoms. The van der Waals surface area contributed by atoms with E-state index in [9.17, 15) is 15.0 Å². The van der Waals surface area contributed by atoms with Crippen molar-refractivity contribution < 1.29 is 19.7 Å². The monoisotopic (exact) mass is 530 g/mol. The van der Waals surface area contributed by atoms with Crippen LogP contribution in [-0.4, -0.2) is 55.6 Å². The maximum atomic E-state index is 13.5. The molecular formula is C29H34N6O4. The van der Waals surface area contributed by atoms with Crippen molar-refractivity contribution in [3.05, 3.63) is 72.1 Å². The highest BCUT2D eigenvalue weighted by molar-refractivity contribution is 5.91. The minimum atomic E-state index is -0.335.